The van der Waals surface area contributed by atoms with Crippen molar-refractivity contribution in [2.24, 2.45) is 29.1 Å². The molecule has 4 aliphatic rings. The number of ketones is 1. The summed E-state index contributed by atoms with van der Waals surface area (Å²) in [6.07, 6.45) is 18.4. The number of carbonyl (C=O) groups excluding carboxylic acids is 1. The minimum atomic E-state index is -1.72. The van der Waals surface area contributed by atoms with Gasteiger partial charge in [-0.3, -0.25) is 4.79 Å². The second-order valence-corrected chi connectivity index (χ2v) is 15.0. The van der Waals surface area contributed by atoms with Crippen molar-refractivity contribution in [1.82, 2.24) is 0 Å². The molecular formula is C24H36O2Si. The molecule has 0 N–H and O–H groups in total. The second-order valence-electron chi connectivity index (χ2n) is 10.6. The molecule has 0 radical (unpaired) electrons. The minimum Gasteiger partial charge on any atom is -0.401 e. The Balaban J connectivity index is 1.67. The Bertz CT molecular complexity index is 696. The third kappa shape index (κ3) is 2.90. The first-order valence-corrected chi connectivity index (χ1v) is 14.6. The van der Waals surface area contributed by atoms with Crippen molar-refractivity contribution in [3.63, 3.8) is 0 Å². The summed E-state index contributed by atoms with van der Waals surface area (Å²) in [5, 5.41) is 0. The summed E-state index contributed by atoms with van der Waals surface area (Å²) in [5.74, 6) is 6.50. The third-order valence-electron chi connectivity index (χ3n) is 8.46. The van der Waals surface area contributed by atoms with Gasteiger partial charge in [0.2, 0.25) is 0 Å². The molecule has 27 heavy (non-hydrogen) atoms. The molecular weight excluding hydrogens is 348 g/mol. The molecule has 0 aliphatic heterocycles. The molecule has 0 spiro atoms. The summed E-state index contributed by atoms with van der Waals surface area (Å²) in [5.41, 5.74) is 1.28. The van der Waals surface area contributed by atoms with Crippen LogP contribution in [-0.4, -0.2) is 19.7 Å². The van der Waals surface area contributed by atoms with Crippen LogP contribution < -0.4 is 0 Å². The fourth-order valence-electron chi connectivity index (χ4n) is 7.64. The van der Waals surface area contributed by atoms with Gasteiger partial charge in [-0.15, -0.1) is 6.42 Å². The number of carbonyl (C=O) groups is 1. The average molecular weight is 385 g/mol. The molecule has 3 fully saturated rings. The van der Waals surface area contributed by atoms with Gasteiger partial charge in [0.05, 0.1) is 0 Å². The first-order valence-electron chi connectivity index (χ1n) is 11.2. The van der Waals surface area contributed by atoms with Gasteiger partial charge in [0.1, 0.15) is 5.60 Å². The number of allylic oxidation sites excluding steroid dienone is 1. The summed E-state index contributed by atoms with van der Waals surface area (Å²) >= 11 is 0. The molecule has 3 heteroatoms. The Labute approximate surface area is 166 Å². The summed E-state index contributed by atoms with van der Waals surface area (Å²) < 4.78 is 6.85. The number of hydrogen-bond acceptors (Lipinski definition) is 2. The summed E-state index contributed by atoms with van der Waals surface area (Å²) in [6, 6.07) is 0. The number of rotatable bonds is 3. The van der Waals surface area contributed by atoms with Crippen molar-refractivity contribution in [2.75, 3.05) is 0 Å². The lowest BCUT2D eigenvalue weighted by atomic mass is 9.49. The van der Waals surface area contributed by atoms with Crippen molar-refractivity contribution >= 4 is 14.1 Å². The SMILES string of the molecule is C#CC1(O[Si](C)(C)C)CCC2C3CCC4=CC(=O)CCC4C3CCC21CC. The van der Waals surface area contributed by atoms with E-state index in [0.717, 1.165) is 43.9 Å². The fraction of sp³-hybridized carbons (Fsp3) is 0.792. The molecule has 0 saturated heterocycles. The standard InChI is InChI=1S/C24H36O2Si/c1-6-23-14-12-20-19-11-9-18(25)16-17(19)8-10-21(20)22(23)13-15-24(23,7-2)26-27(3,4)5/h2,16,19-22H,6,8-15H2,1,3-5H3. The molecule has 3 saturated carbocycles. The lowest BCUT2D eigenvalue weighted by molar-refractivity contribution is -0.116. The lowest BCUT2D eigenvalue weighted by Gasteiger charge is -2.57. The highest BCUT2D eigenvalue weighted by Gasteiger charge is 2.65. The minimum absolute atomic E-state index is 0.162. The van der Waals surface area contributed by atoms with E-state index in [2.05, 4.69) is 32.5 Å². The van der Waals surface area contributed by atoms with E-state index in [1.807, 2.05) is 6.08 Å². The number of fused-ring (bicyclic) bond motifs is 5. The molecule has 148 valence electrons. The highest BCUT2D eigenvalue weighted by atomic mass is 28.4. The zero-order valence-corrected chi connectivity index (χ0v) is 18.6. The van der Waals surface area contributed by atoms with Crippen LogP contribution in [0.1, 0.15) is 64.7 Å². The quantitative estimate of drug-likeness (QED) is 0.458. The van der Waals surface area contributed by atoms with E-state index in [4.69, 9.17) is 10.8 Å². The summed E-state index contributed by atoms with van der Waals surface area (Å²) in [4.78, 5) is 11.9. The molecule has 0 aromatic heterocycles. The Hall–Kier alpha value is -0.853. The van der Waals surface area contributed by atoms with Crippen LogP contribution in [0.3, 0.4) is 0 Å². The van der Waals surface area contributed by atoms with E-state index in [9.17, 15) is 4.79 Å². The van der Waals surface area contributed by atoms with E-state index >= 15 is 0 Å². The molecule has 0 aromatic rings. The summed E-state index contributed by atoms with van der Waals surface area (Å²) in [6.45, 7) is 9.20. The molecule has 4 rings (SSSR count). The monoisotopic (exact) mass is 384 g/mol. The van der Waals surface area contributed by atoms with Gasteiger partial charge >= 0.3 is 0 Å². The zero-order chi connectivity index (χ0) is 19.4. The van der Waals surface area contributed by atoms with Gasteiger partial charge in [-0.1, -0.05) is 18.4 Å². The zero-order valence-electron chi connectivity index (χ0n) is 17.6. The maximum absolute atomic E-state index is 11.9. The molecule has 2 nitrogen and oxygen atoms in total. The molecule has 0 aromatic carbocycles. The van der Waals surface area contributed by atoms with Gasteiger partial charge in [0.25, 0.3) is 0 Å². The Kier molecular flexibility index (Phi) is 4.75. The van der Waals surface area contributed by atoms with E-state index in [0.29, 0.717) is 17.6 Å². The topological polar surface area (TPSA) is 26.3 Å². The maximum atomic E-state index is 11.9. The van der Waals surface area contributed by atoms with Crippen molar-refractivity contribution in [2.45, 2.75) is 90.0 Å². The Morgan fingerprint density at radius 2 is 1.93 bits per heavy atom. The van der Waals surface area contributed by atoms with Crippen LogP contribution in [0.5, 0.6) is 0 Å². The van der Waals surface area contributed by atoms with Crippen molar-refractivity contribution in [3.05, 3.63) is 11.6 Å². The second kappa shape index (κ2) is 6.60. The van der Waals surface area contributed by atoms with Crippen LogP contribution in [0, 0.1) is 41.4 Å². The molecule has 0 heterocycles. The first-order chi connectivity index (χ1) is 12.8. The van der Waals surface area contributed by atoms with E-state index in [1.165, 1.54) is 31.3 Å². The predicted octanol–water partition coefficient (Wildman–Crippen LogP) is 5.74. The Morgan fingerprint density at radius 3 is 2.59 bits per heavy atom. The third-order valence-corrected chi connectivity index (χ3v) is 9.42. The van der Waals surface area contributed by atoms with Gasteiger partial charge in [0.15, 0.2) is 14.1 Å². The maximum Gasteiger partial charge on any atom is 0.185 e. The first kappa shape index (κ1) is 19.5. The van der Waals surface area contributed by atoms with Gasteiger partial charge in [0, 0.05) is 11.8 Å². The molecule has 4 aliphatic carbocycles. The van der Waals surface area contributed by atoms with Crippen LogP contribution in [0.4, 0.5) is 0 Å². The van der Waals surface area contributed by atoms with Crippen LogP contribution in [0.25, 0.3) is 0 Å². The molecule has 6 unspecified atom stereocenters. The number of terminal acetylenes is 1. The molecule has 0 bridgehead atoms. The van der Waals surface area contributed by atoms with E-state index in [-0.39, 0.29) is 11.0 Å². The smallest absolute Gasteiger partial charge is 0.185 e. The Morgan fingerprint density at radius 1 is 1.15 bits per heavy atom. The van der Waals surface area contributed by atoms with Gasteiger partial charge in [-0.2, -0.15) is 0 Å². The molecule has 6 atom stereocenters. The van der Waals surface area contributed by atoms with Crippen molar-refractivity contribution in [1.29, 1.82) is 0 Å². The normalized spacial score (nSPS) is 44.0. The highest BCUT2D eigenvalue weighted by molar-refractivity contribution is 6.69. The van der Waals surface area contributed by atoms with Crippen LogP contribution >= 0.6 is 0 Å². The van der Waals surface area contributed by atoms with Crippen molar-refractivity contribution in [3.8, 4) is 12.3 Å². The lowest BCUT2D eigenvalue weighted by Crippen LogP contribution is -2.57. The number of hydrogen-bond donors (Lipinski definition) is 0. The summed E-state index contributed by atoms with van der Waals surface area (Å²) in [7, 11) is -1.72. The van der Waals surface area contributed by atoms with Crippen LogP contribution in [0.2, 0.25) is 19.6 Å². The van der Waals surface area contributed by atoms with Gasteiger partial charge in [-0.05, 0) is 101 Å². The fourth-order valence-corrected chi connectivity index (χ4v) is 9.05. The average Bonchev–Trinajstić information content (AvgIpc) is 2.94. The predicted molar refractivity (Wildman–Crippen MR) is 113 cm³/mol. The van der Waals surface area contributed by atoms with Gasteiger partial charge < -0.3 is 4.43 Å². The van der Waals surface area contributed by atoms with Gasteiger partial charge in [-0.25, -0.2) is 0 Å². The van der Waals surface area contributed by atoms with Crippen molar-refractivity contribution < 1.29 is 9.22 Å². The van der Waals surface area contributed by atoms with E-state index in [1.54, 1.807) is 0 Å². The van der Waals surface area contributed by atoms with Crippen LogP contribution in [-0.2, 0) is 9.22 Å². The highest BCUT2D eigenvalue weighted by Crippen LogP contribution is 2.67. The largest absolute Gasteiger partial charge is 0.401 e. The van der Waals surface area contributed by atoms with Crippen LogP contribution in [0.15, 0.2) is 11.6 Å². The van der Waals surface area contributed by atoms with E-state index < -0.39 is 8.32 Å². The molecule has 0 amide bonds.